The van der Waals surface area contributed by atoms with Gasteiger partial charge in [-0.2, -0.15) is 0 Å². The Bertz CT molecular complexity index is 519. The number of benzene rings is 2. The lowest BCUT2D eigenvalue weighted by Crippen LogP contribution is -2.00. The normalized spacial score (nSPS) is 18.2. The molecule has 0 aliphatic carbocycles. The van der Waals surface area contributed by atoms with Crippen molar-refractivity contribution in [1.82, 2.24) is 0 Å². The van der Waals surface area contributed by atoms with Gasteiger partial charge < -0.3 is 4.90 Å². The number of hydrogen-bond donors (Lipinski definition) is 0. The van der Waals surface area contributed by atoms with E-state index in [2.05, 4.69) is 0 Å². The van der Waals surface area contributed by atoms with Crippen molar-refractivity contribution >= 4 is 5.69 Å². The quantitative estimate of drug-likeness (QED) is 0.714. The Morgan fingerprint density at radius 1 is 0.882 bits per heavy atom. The fourth-order valence-corrected chi connectivity index (χ4v) is 2.11. The van der Waals surface area contributed by atoms with Crippen molar-refractivity contribution in [3.05, 3.63) is 65.7 Å². The van der Waals surface area contributed by atoms with Gasteiger partial charge in [0.2, 0.25) is 0 Å². The summed E-state index contributed by atoms with van der Waals surface area (Å²) in [6.07, 6.45) is 0. The van der Waals surface area contributed by atoms with Crippen LogP contribution < -0.4 is 4.90 Å². The molecule has 3 heteroatoms. The lowest BCUT2D eigenvalue weighted by atomic mass is 10.1. The van der Waals surface area contributed by atoms with Gasteiger partial charge in [-0.15, -0.1) is 0 Å². The van der Waals surface area contributed by atoms with Crippen LogP contribution in [0.15, 0.2) is 48.5 Å². The number of anilines is 1. The van der Waals surface area contributed by atoms with Crippen LogP contribution in [0.1, 0.15) is 11.6 Å². The van der Waals surface area contributed by atoms with Gasteiger partial charge in [-0.25, -0.2) is 8.78 Å². The highest BCUT2D eigenvalue weighted by molar-refractivity contribution is 5.58. The van der Waals surface area contributed by atoms with Crippen molar-refractivity contribution in [2.24, 2.45) is 0 Å². The molecule has 1 heterocycles. The summed E-state index contributed by atoms with van der Waals surface area (Å²) in [6, 6.07) is 13.8. The monoisotopic (exact) mass is 231 g/mol. The first-order valence-electron chi connectivity index (χ1n) is 5.53. The number of halogens is 2. The summed E-state index contributed by atoms with van der Waals surface area (Å²) in [6.45, 7) is 0.669. The Morgan fingerprint density at radius 3 is 2.18 bits per heavy atom. The maximum atomic E-state index is 13.5. The van der Waals surface area contributed by atoms with Crippen LogP contribution in [0, 0.1) is 11.6 Å². The average Bonchev–Trinajstić information content (AvgIpc) is 3.10. The summed E-state index contributed by atoms with van der Waals surface area (Å²) in [4.78, 5) is 1.74. The van der Waals surface area contributed by atoms with Crippen LogP contribution in [0.4, 0.5) is 14.5 Å². The van der Waals surface area contributed by atoms with Crippen molar-refractivity contribution in [2.75, 3.05) is 11.4 Å². The predicted octanol–water partition coefficient (Wildman–Crippen LogP) is 3.53. The maximum Gasteiger partial charge on any atom is 0.149 e. The standard InChI is InChI=1S/C14H11F2N/c15-11-7-4-8-12(16)14(11)17-9-13(17)10-5-2-1-3-6-10/h1-8,13H,9H2. The van der Waals surface area contributed by atoms with Gasteiger partial charge in [-0.05, 0) is 17.7 Å². The van der Waals surface area contributed by atoms with E-state index in [1.807, 2.05) is 30.3 Å². The Labute approximate surface area is 98.3 Å². The minimum absolute atomic E-state index is 0.0846. The third-order valence-corrected chi connectivity index (χ3v) is 3.02. The Balaban J connectivity index is 1.90. The first-order chi connectivity index (χ1) is 8.27. The molecule has 1 saturated heterocycles. The zero-order valence-corrected chi connectivity index (χ0v) is 9.11. The molecule has 1 fully saturated rings. The average molecular weight is 231 g/mol. The Kier molecular flexibility index (Phi) is 2.32. The molecule has 86 valence electrons. The van der Waals surface area contributed by atoms with Crippen LogP contribution in [0.3, 0.4) is 0 Å². The highest BCUT2D eigenvalue weighted by Gasteiger charge is 2.38. The lowest BCUT2D eigenvalue weighted by molar-refractivity contribution is 0.585. The fraction of sp³-hybridized carbons (Fsp3) is 0.143. The smallest absolute Gasteiger partial charge is 0.149 e. The molecule has 0 saturated carbocycles. The highest BCUT2D eigenvalue weighted by Crippen LogP contribution is 2.41. The van der Waals surface area contributed by atoms with Gasteiger partial charge in [-0.1, -0.05) is 36.4 Å². The second-order valence-electron chi connectivity index (χ2n) is 4.15. The molecule has 0 bridgehead atoms. The fourth-order valence-electron chi connectivity index (χ4n) is 2.11. The van der Waals surface area contributed by atoms with E-state index in [0.717, 1.165) is 5.56 Å². The van der Waals surface area contributed by atoms with Crippen molar-refractivity contribution in [3.63, 3.8) is 0 Å². The summed E-state index contributed by atoms with van der Waals surface area (Å²) < 4.78 is 27.1. The molecule has 0 aromatic heterocycles. The molecule has 2 aromatic carbocycles. The molecule has 0 N–H and O–H groups in total. The summed E-state index contributed by atoms with van der Waals surface area (Å²) in [5.74, 6) is -0.994. The summed E-state index contributed by atoms with van der Waals surface area (Å²) in [5, 5.41) is 0. The zero-order chi connectivity index (χ0) is 11.8. The van der Waals surface area contributed by atoms with Gasteiger partial charge >= 0.3 is 0 Å². The first-order valence-corrected chi connectivity index (χ1v) is 5.53. The van der Waals surface area contributed by atoms with Crippen molar-refractivity contribution in [2.45, 2.75) is 6.04 Å². The van der Waals surface area contributed by atoms with E-state index >= 15 is 0 Å². The summed E-state index contributed by atoms with van der Waals surface area (Å²) in [7, 11) is 0. The molecule has 1 aliphatic heterocycles. The molecule has 1 unspecified atom stereocenters. The minimum atomic E-state index is -0.497. The molecular formula is C14H11F2N. The Morgan fingerprint density at radius 2 is 1.53 bits per heavy atom. The van der Waals surface area contributed by atoms with Gasteiger partial charge in [0.05, 0.1) is 6.04 Å². The first kappa shape index (κ1) is 10.3. The maximum absolute atomic E-state index is 13.5. The van der Waals surface area contributed by atoms with Crippen LogP contribution in [-0.4, -0.2) is 6.54 Å². The summed E-state index contributed by atoms with van der Waals surface area (Å²) >= 11 is 0. The van der Waals surface area contributed by atoms with E-state index in [1.54, 1.807) is 4.90 Å². The van der Waals surface area contributed by atoms with Crippen LogP contribution in [-0.2, 0) is 0 Å². The second-order valence-corrected chi connectivity index (χ2v) is 4.15. The van der Waals surface area contributed by atoms with E-state index < -0.39 is 11.6 Å². The third kappa shape index (κ3) is 1.78. The third-order valence-electron chi connectivity index (χ3n) is 3.02. The Hall–Kier alpha value is -1.90. The van der Waals surface area contributed by atoms with Gasteiger partial charge in [0, 0.05) is 6.54 Å². The molecule has 0 amide bonds. The van der Waals surface area contributed by atoms with Gasteiger partial charge in [0.25, 0.3) is 0 Å². The van der Waals surface area contributed by atoms with Crippen molar-refractivity contribution < 1.29 is 8.78 Å². The largest absolute Gasteiger partial charge is 0.356 e. The summed E-state index contributed by atoms with van der Waals surface area (Å²) in [5.41, 5.74) is 1.18. The predicted molar refractivity (Wildman–Crippen MR) is 62.9 cm³/mol. The van der Waals surface area contributed by atoms with Crippen LogP contribution in [0.5, 0.6) is 0 Å². The van der Waals surface area contributed by atoms with Crippen molar-refractivity contribution in [1.29, 1.82) is 0 Å². The number of nitrogens with zero attached hydrogens (tertiary/aromatic N) is 1. The molecule has 1 nitrogen and oxygen atoms in total. The van der Waals surface area contributed by atoms with Crippen LogP contribution in [0.2, 0.25) is 0 Å². The molecule has 17 heavy (non-hydrogen) atoms. The molecule has 1 aliphatic rings. The molecule has 0 spiro atoms. The van der Waals surface area contributed by atoms with E-state index in [1.165, 1.54) is 18.2 Å². The van der Waals surface area contributed by atoms with E-state index in [0.29, 0.717) is 6.54 Å². The SMILES string of the molecule is Fc1cccc(F)c1N1CC1c1ccccc1. The minimum Gasteiger partial charge on any atom is -0.356 e. The lowest BCUT2D eigenvalue weighted by Gasteiger charge is -2.08. The highest BCUT2D eigenvalue weighted by atomic mass is 19.1. The van der Waals surface area contributed by atoms with Crippen molar-refractivity contribution in [3.8, 4) is 0 Å². The van der Waals surface area contributed by atoms with E-state index in [9.17, 15) is 8.78 Å². The van der Waals surface area contributed by atoms with Gasteiger partial charge in [0.15, 0.2) is 0 Å². The van der Waals surface area contributed by atoms with Crippen LogP contribution in [0.25, 0.3) is 0 Å². The topological polar surface area (TPSA) is 3.01 Å². The molecule has 2 aromatic rings. The van der Waals surface area contributed by atoms with Gasteiger partial charge in [0.1, 0.15) is 17.3 Å². The van der Waals surface area contributed by atoms with E-state index in [-0.39, 0.29) is 11.7 Å². The number of rotatable bonds is 2. The number of hydrogen-bond acceptors (Lipinski definition) is 1. The molecule has 3 rings (SSSR count). The van der Waals surface area contributed by atoms with E-state index in [4.69, 9.17) is 0 Å². The molecular weight excluding hydrogens is 220 g/mol. The molecule has 0 radical (unpaired) electrons. The zero-order valence-electron chi connectivity index (χ0n) is 9.11. The van der Waals surface area contributed by atoms with Crippen LogP contribution >= 0.6 is 0 Å². The van der Waals surface area contributed by atoms with Gasteiger partial charge in [-0.3, -0.25) is 0 Å². The second kappa shape index (κ2) is 3.84. The number of para-hydroxylation sites is 1. The molecule has 1 atom stereocenters.